The number of Topliss-reactive ketones (excluding diaryl/α,β-unsaturated/α-hetero) is 2. The maximum Gasteiger partial charge on any atom is 0.229 e. The number of benzene rings is 2. The van der Waals surface area contributed by atoms with Gasteiger partial charge >= 0.3 is 0 Å². The summed E-state index contributed by atoms with van der Waals surface area (Å²) >= 11 is 0. The second-order valence-electron chi connectivity index (χ2n) is 12.0. The summed E-state index contributed by atoms with van der Waals surface area (Å²) in [6.45, 7) is 0.000445. The summed E-state index contributed by atoms with van der Waals surface area (Å²) < 4.78 is 27.7. The van der Waals surface area contributed by atoms with Crippen LogP contribution in [-0.2, 0) is 25.4 Å². The lowest BCUT2D eigenvalue weighted by Gasteiger charge is -2.42. The summed E-state index contributed by atoms with van der Waals surface area (Å²) in [4.78, 5) is 24.9. The maximum atomic E-state index is 13.1. The Kier molecular flexibility index (Phi) is 9.89. The van der Waals surface area contributed by atoms with Gasteiger partial charge in [-0.2, -0.15) is 0 Å². The lowest BCUT2D eigenvalue weighted by molar-refractivity contribution is -0.323. The number of rotatable bonds is 9. The number of phenolic OH excluding ortho intramolecular Hbond substituents is 1. The van der Waals surface area contributed by atoms with Crippen LogP contribution in [0.15, 0.2) is 18.2 Å². The molecule has 2 aromatic rings. The van der Waals surface area contributed by atoms with Crippen molar-refractivity contribution in [2.75, 3.05) is 20.3 Å². The number of methoxy groups -OCH3 is 1. The van der Waals surface area contributed by atoms with Crippen molar-refractivity contribution in [2.24, 2.45) is 0 Å². The van der Waals surface area contributed by atoms with E-state index in [0.717, 1.165) is 0 Å². The Balaban J connectivity index is 1.42. The van der Waals surface area contributed by atoms with Gasteiger partial charge in [-0.25, -0.2) is 0 Å². The fourth-order valence-corrected chi connectivity index (χ4v) is 6.24. The highest BCUT2D eigenvalue weighted by molar-refractivity contribution is 6.09. The number of hydrogen-bond donors (Lipinski definition) is 9. The van der Waals surface area contributed by atoms with Gasteiger partial charge in [0.2, 0.25) is 6.29 Å². The van der Waals surface area contributed by atoms with Crippen molar-refractivity contribution >= 4 is 22.3 Å². The summed E-state index contributed by atoms with van der Waals surface area (Å²) in [6.07, 6.45) is -17.3. The number of hydrogen-bond acceptors (Lipinski definition) is 16. The minimum absolute atomic E-state index is 0.00966. The zero-order valence-electron chi connectivity index (χ0n) is 24.9. The van der Waals surface area contributed by atoms with Crippen LogP contribution in [0.5, 0.6) is 17.2 Å². The lowest BCUT2D eigenvalue weighted by atomic mass is 9.76. The predicted molar refractivity (Wildman–Crippen MR) is 152 cm³/mol. The zero-order chi connectivity index (χ0) is 33.7. The number of carbonyl (C=O) groups excluding carboxylic acids is 2. The molecule has 0 aromatic heterocycles. The smallest absolute Gasteiger partial charge is 0.229 e. The molecule has 16 heteroatoms. The minimum atomic E-state index is -1.85. The SMILES string of the molecule is COc1cc(O[C@@H]2O[C@H](CO[C@@H]3O[C@H](CO)[C@@H](O)[C@H](O)[C@H]3O)[C@@H](O)[C@H](O)[C@H]2O)c2c(O)c3c(cc2c1)C[C@](O)(CC(C)=O)CC3=O. The Morgan fingerprint density at radius 1 is 0.913 bits per heavy atom. The molecule has 2 fully saturated rings. The zero-order valence-corrected chi connectivity index (χ0v) is 24.9. The number of fused-ring (bicyclic) bond motifs is 2. The third-order valence-corrected chi connectivity index (χ3v) is 8.52. The average molecular weight is 655 g/mol. The Morgan fingerprint density at radius 3 is 2.17 bits per heavy atom. The second-order valence-corrected chi connectivity index (χ2v) is 12.0. The molecule has 5 rings (SSSR count). The summed E-state index contributed by atoms with van der Waals surface area (Å²) in [7, 11) is 1.36. The number of aliphatic hydroxyl groups is 8. The summed E-state index contributed by atoms with van der Waals surface area (Å²) in [6, 6.07) is 4.40. The van der Waals surface area contributed by atoms with Crippen LogP contribution >= 0.6 is 0 Å². The molecule has 2 saturated heterocycles. The Bertz CT molecular complexity index is 1460. The topological polar surface area (TPSA) is 262 Å². The molecule has 11 atom stereocenters. The quantitative estimate of drug-likeness (QED) is 0.134. The molecule has 2 aromatic carbocycles. The van der Waals surface area contributed by atoms with Gasteiger partial charge in [0.05, 0.1) is 36.9 Å². The van der Waals surface area contributed by atoms with Crippen LogP contribution in [-0.4, -0.2) is 145 Å². The van der Waals surface area contributed by atoms with Crippen LogP contribution in [0.1, 0.15) is 35.7 Å². The standard InChI is InChI=1S/C30H38O16/c1-11(32)6-30(41)7-13-3-12-4-14(42-2)5-16(20(12)23(36)19(13)15(33)8-30)44-29-27(40)25(38)22(35)18(46-29)10-43-28-26(39)24(37)21(34)17(9-31)45-28/h3-5,17-18,21-22,24-29,31,34-41H,6-10H2,1-2H3/t17-,18-,21-,22-,24+,25+,26-,27-,28-,29-,30-/m1/s1. The van der Waals surface area contributed by atoms with E-state index >= 15 is 0 Å². The number of aromatic hydroxyl groups is 1. The van der Waals surface area contributed by atoms with Crippen molar-refractivity contribution in [3.8, 4) is 17.2 Å². The first-order valence-electron chi connectivity index (χ1n) is 14.6. The Hall–Kier alpha value is -3.00. The molecule has 1 aliphatic carbocycles. The number of ether oxygens (including phenoxy) is 5. The van der Waals surface area contributed by atoms with E-state index in [9.17, 15) is 55.5 Å². The number of aliphatic hydroxyl groups excluding tert-OH is 7. The highest BCUT2D eigenvalue weighted by Crippen LogP contribution is 2.45. The molecule has 0 radical (unpaired) electrons. The van der Waals surface area contributed by atoms with Crippen molar-refractivity contribution in [3.63, 3.8) is 0 Å². The molecule has 46 heavy (non-hydrogen) atoms. The first kappa shape index (κ1) is 34.3. The highest BCUT2D eigenvalue weighted by Gasteiger charge is 2.48. The molecule has 254 valence electrons. The largest absolute Gasteiger partial charge is 0.506 e. The second kappa shape index (κ2) is 13.2. The van der Waals surface area contributed by atoms with E-state index < -0.39 is 98.2 Å². The monoisotopic (exact) mass is 654 g/mol. The molecule has 0 amide bonds. The predicted octanol–water partition coefficient (Wildman–Crippen LogP) is -2.60. The molecule has 0 bridgehead atoms. The molecule has 0 saturated carbocycles. The number of carbonyl (C=O) groups is 2. The van der Waals surface area contributed by atoms with Gasteiger partial charge in [0, 0.05) is 25.3 Å². The summed E-state index contributed by atoms with van der Waals surface area (Å²) in [5, 5.41) is 94.2. The van der Waals surface area contributed by atoms with Crippen LogP contribution in [0.25, 0.3) is 10.8 Å². The molecular weight excluding hydrogens is 616 g/mol. The Labute approximate surface area is 261 Å². The van der Waals surface area contributed by atoms with Gasteiger partial charge in [0.25, 0.3) is 0 Å². The molecule has 0 unspecified atom stereocenters. The lowest BCUT2D eigenvalue weighted by Crippen LogP contribution is -2.62. The van der Waals surface area contributed by atoms with Gasteiger partial charge in [-0.3, -0.25) is 9.59 Å². The third-order valence-electron chi connectivity index (χ3n) is 8.52. The van der Waals surface area contributed by atoms with Gasteiger partial charge in [0.15, 0.2) is 12.1 Å². The van der Waals surface area contributed by atoms with Crippen LogP contribution in [0.3, 0.4) is 0 Å². The van der Waals surface area contributed by atoms with E-state index in [4.69, 9.17) is 23.7 Å². The molecule has 2 heterocycles. The van der Waals surface area contributed by atoms with Gasteiger partial charge in [-0.15, -0.1) is 0 Å². The van der Waals surface area contributed by atoms with Crippen molar-refractivity contribution in [1.82, 2.24) is 0 Å². The van der Waals surface area contributed by atoms with E-state index in [1.807, 2.05) is 0 Å². The molecule has 3 aliphatic rings. The maximum absolute atomic E-state index is 13.1. The van der Waals surface area contributed by atoms with Gasteiger partial charge in [-0.1, -0.05) is 0 Å². The van der Waals surface area contributed by atoms with Crippen LogP contribution in [0, 0.1) is 0 Å². The molecular formula is C30H38O16. The van der Waals surface area contributed by atoms with Crippen molar-refractivity contribution in [3.05, 3.63) is 29.3 Å². The van der Waals surface area contributed by atoms with Crippen LogP contribution in [0.4, 0.5) is 0 Å². The fraction of sp³-hybridized carbons (Fsp3) is 0.600. The minimum Gasteiger partial charge on any atom is -0.506 e. The van der Waals surface area contributed by atoms with Crippen LogP contribution in [0.2, 0.25) is 0 Å². The van der Waals surface area contributed by atoms with Crippen molar-refractivity contribution in [1.29, 1.82) is 0 Å². The van der Waals surface area contributed by atoms with Crippen LogP contribution < -0.4 is 9.47 Å². The van der Waals surface area contributed by atoms with E-state index in [1.165, 1.54) is 32.2 Å². The van der Waals surface area contributed by atoms with E-state index in [0.29, 0.717) is 10.9 Å². The first-order valence-corrected chi connectivity index (χ1v) is 14.6. The summed E-state index contributed by atoms with van der Waals surface area (Å²) in [5.41, 5.74) is -1.41. The summed E-state index contributed by atoms with van der Waals surface area (Å²) in [5.74, 6) is -1.33. The molecule has 9 N–H and O–H groups in total. The molecule has 2 aliphatic heterocycles. The number of phenols is 1. The highest BCUT2D eigenvalue weighted by atomic mass is 16.7. The molecule has 16 nitrogen and oxygen atoms in total. The first-order chi connectivity index (χ1) is 21.7. The Morgan fingerprint density at radius 2 is 1.54 bits per heavy atom. The van der Waals surface area contributed by atoms with Crippen molar-refractivity contribution in [2.45, 2.75) is 93.2 Å². The van der Waals surface area contributed by atoms with E-state index in [-0.39, 0.29) is 41.1 Å². The fourth-order valence-electron chi connectivity index (χ4n) is 6.24. The normalized spacial score (nSPS) is 36.3. The average Bonchev–Trinajstić information content (AvgIpc) is 2.99. The number of ketones is 2. The van der Waals surface area contributed by atoms with Crippen molar-refractivity contribution < 1.29 is 79.2 Å². The van der Waals surface area contributed by atoms with Gasteiger partial charge in [-0.05, 0) is 30.0 Å². The van der Waals surface area contributed by atoms with Gasteiger partial charge in [0.1, 0.15) is 71.9 Å². The van der Waals surface area contributed by atoms with Gasteiger partial charge < -0.3 is 69.6 Å². The van der Waals surface area contributed by atoms with E-state index in [2.05, 4.69) is 0 Å². The van der Waals surface area contributed by atoms with E-state index in [1.54, 1.807) is 0 Å². The molecule has 0 spiro atoms. The third kappa shape index (κ3) is 6.43.